The molecule has 5 rings (SSSR count). The molecule has 2 aromatic carbocycles. The number of benzene rings is 2. The molecule has 9 nitrogen and oxygen atoms in total. The van der Waals surface area contributed by atoms with E-state index in [1.807, 2.05) is 0 Å². The van der Waals surface area contributed by atoms with Crippen LogP contribution in [0.3, 0.4) is 0 Å². The Bertz CT molecular complexity index is 1610. The molecule has 0 spiro atoms. The van der Waals surface area contributed by atoms with Crippen molar-refractivity contribution in [3.05, 3.63) is 64.8 Å². The van der Waals surface area contributed by atoms with Crippen LogP contribution in [0.5, 0.6) is 0 Å². The van der Waals surface area contributed by atoms with Crippen molar-refractivity contribution in [2.24, 2.45) is 7.05 Å². The van der Waals surface area contributed by atoms with Crippen molar-refractivity contribution < 1.29 is 12.8 Å². The van der Waals surface area contributed by atoms with Crippen LogP contribution < -0.4 is 4.72 Å². The van der Waals surface area contributed by atoms with Gasteiger partial charge in [-0.3, -0.25) is 9.40 Å². The predicted molar refractivity (Wildman–Crippen MR) is 124 cm³/mol. The molecule has 1 N–H and O–H groups in total. The molecule has 0 amide bonds. The molecule has 0 radical (unpaired) electrons. The van der Waals surface area contributed by atoms with Crippen LogP contribution in [0, 0.1) is 5.82 Å². The number of rotatable bonds is 5. The number of aryl methyl sites for hydroxylation is 1. The average Bonchev–Trinajstić information content (AvgIpc) is 3.49. The molecule has 0 bridgehead atoms. The van der Waals surface area contributed by atoms with Crippen LogP contribution in [0.2, 0.25) is 10.0 Å². The zero-order chi connectivity index (χ0) is 23.3. The summed E-state index contributed by atoms with van der Waals surface area (Å²) < 4.78 is 49.3. The maximum absolute atomic E-state index is 15.1. The topological polar surface area (TPSA) is 108 Å². The SMILES string of the molecule is Cn1nccc1-c1nn(-c2cc(F)c(S(=O)(=O)Nc3ncns3)cc2Cl)c2ccc(Cl)cc12. The number of aromatic nitrogens is 6. The predicted octanol–water partition coefficient (Wildman–Crippen LogP) is 4.52. The summed E-state index contributed by atoms with van der Waals surface area (Å²) in [4.78, 5) is 3.12. The van der Waals surface area contributed by atoms with Crippen molar-refractivity contribution >= 4 is 60.8 Å². The minimum absolute atomic E-state index is 0.00497. The molecule has 0 unspecified atom stereocenters. The van der Waals surface area contributed by atoms with Crippen LogP contribution in [-0.4, -0.2) is 37.3 Å². The Morgan fingerprint density at radius 2 is 1.97 bits per heavy atom. The van der Waals surface area contributed by atoms with Gasteiger partial charge in [-0.15, -0.1) is 0 Å². The highest BCUT2D eigenvalue weighted by Crippen LogP contribution is 2.35. The van der Waals surface area contributed by atoms with Gasteiger partial charge in [0.1, 0.15) is 22.7 Å². The standard InChI is InChI=1S/C19H12Cl2FN7O2S2/c1-28-15(4-5-24-28)18-11-6-10(20)2-3-14(11)29(26-18)16-8-13(22)17(7-12(16)21)33(30,31)27-19-23-9-25-32-19/h2-9H,1H3,(H,23,25,27). The summed E-state index contributed by atoms with van der Waals surface area (Å²) in [6.45, 7) is 0. The lowest BCUT2D eigenvalue weighted by atomic mass is 10.1. The first kappa shape index (κ1) is 21.8. The maximum Gasteiger partial charge on any atom is 0.266 e. The average molecular weight is 524 g/mol. The summed E-state index contributed by atoms with van der Waals surface area (Å²) in [6.07, 6.45) is 2.81. The Hall–Kier alpha value is -3.06. The molecular formula is C19H12Cl2FN7O2S2. The van der Waals surface area contributed by atoms with E-state index in [4.69, 9.17) is 23.2 Å². The Morgan fingerprint density at radius 3 is 2.67 bits per heavy atom. The lowest BCUT2D eigenvalue weighted by molar-refractivity contribution is 0.569. The van der Waals surface area contributed by atoms with E-state index in [9.17, 15) is 8.42 Å². The Morgan fingerprint density at radius 1 is 1.15 bits per heavy atom. The molecule has 0 aliphatic heterocycles. The van der Waals surface area contributed by atoms with Gasteiger partial charge in [-0.2, -0.15) is 14.6 Å². The number of hydrogen-bond donors (Lipinski definition) is 1. The van der Waals surface area contributed by atoms with Crippen LogP contribution in [0.4, 0.5) is 9.52 Å². The number of hydrogen-bond acceptors (Lipinski definition) is 7. The normalized spacial score (nSPS) is 11.9. The van der Waals surface area contributed by atoms with Gasteiger partial charge in [-0.05, 0) is 30.3 Å². The molecule has 0 atom stereocenters. The first-order valence-corrected chi connectivity index (χ1v) is 12.2. The summed E-state index contributed by atoms with van der Waals surface area (Å²) in [5, 5.41) is 9.96. The third-order valence-electron chi connectivity index (χ3n) is 4.81. The summed E-state index contributed by atoms with van der Waals surface area (Å²) in [7, 11) is -2.51. The van der Waals surface area contributed by atoms with Crippen molar-refractivity contribution in [3.8, 4) is 17.1 Å². The second kappa shape index (κ2) is 8.06. The van der Waals surface area contributed by atoms with Crippen molar-refractivity contribution in [1.82, 2.24) is 28.9 Å². The molecule has 0 aliphatic carbocycles. The maximum atomic E-state index is 15.1. The van der Waals surface area contributed by atoms with E-state index in [1.54, 1.807) is 42.2 Å². The monoisotopic (exact) mass is 523 g/mol. The Labute approximate surface area is 200 Å². The highest BCUT2D eigenvalue weighted by atomic mass is 35.5. The van der Waals surface area contributed by atoms with E-state index in [0.29, 0.717) is 27.3 Å². The summed E-state index contributed by atoms with van der Waals surface area (Å²) in [6, 6.07) is 8.96. The van der Waals surface area contributed by atoms with Crippen LogP contribution in [-0.2, 0) is 17.1 Å². The van der Waals surface area contributed by atoms with Gasteiger partial charge in [0.05, 0.1) is 21.9 Å². The third kappa shape index (κ3) is 3.84. The summed E-state index contributed by atoms with van der Waals surface area (Å²) in [5.41, 5.74) is 2.01. The fourth-order valence-electron chi connectivity index (χ4n) is 3.34. The highest BCUT2D eigenvalue weighted by molar-refractivity contribution is 7.93. The van der Waals surface area contributed by atoms with Gasteiger partial charge in [0.25, 0.3) is 10.0 Å². The number of halogens is 3. The molecule has 0 saturated carbocycles. The van der Waals surface area contributed by atoms with Gasteiger partial charge in [0, 0.05) is 41.3 Å². The first-order chi connectivity index (χ1) is 15.7. The zero-order valence-electron chi connectivity index (χ0n) is 16.6. The number of fused-ring (bicyclic) bond motifs is 1. The molecule has 33 heavy (non-hydrogen) atoms. The first-order valence-electron chi connectivity index (χ1n) is 9.20. The lowest BCUT2D eigenvalue weighted by Gasteiger charge is -2.11. The molecule has 0 aliphatic rings. The highest BCUT2D eigenvalue weighted by Gasteiger charge is 2.25. The zero-order valence-corrected chi connectivity index (χ0v) is 19.7. The quantitative estimate of drug-likeness (QED) is 0.362. The van der Waals surface area contributed by atoms with Crippen molar-refractivity contribution in [2.45, 2.75) is 4.90 Å². The lowest BCUT2D eigenvalue weighted by Crippen LogP contribution is -2.15. The molecular weight excluding hydrogens is 512 g/mol. The van der Waals surface area contributed by atoms with Crippen LogP contribution in [0.25, 0.3) is 28.0 Å². The minimum Gasteiger partial charge on any atom is -0.266 e. The Kier molecular flexibility index (Phi) is 5.32. The van der Waals surface area contributed by atoms with E-state index in [2.05, 4.69) is 24.3 Å². The van der Waals surface area contributed by atoms with Crippen LogP contribution >= 0.6 is 34.7 Å². The van der Waals surface area contributed by atoms with Crippen LogP contribution in [0.1, 0.15) is 0 Å². The van der Waals surface area contributed by atoms with Gasteiger partial charge in [0.15, 0.2) is 0 Å². The van der Waals surface area contributed by atoms with Crippen LogP contribution in [0.15, 0.2) is 53.8 Å². The van der Waals surface area contributed by atoms with Gasteiger partial charge in [-0.25, -0.2) is 22.5 Å². The molecule has 0 saturated heterocycles. The van der Waals surface area contributed by atoms with Gasteiger partial charge in [-0.1, -0.05) is 23.2 Å². The molecule has 3 aromatic heterocycles. The van der Waals surface area contributed by atoms with E-state index < -0.39 is 20.7 Å². The van der Waals surface area contributed by atoms with Crippen molar-refractivity contribution in [2.75, 3.05) is 4.72 Å². The molecule has 0 fully saturated rings. The van der Waals surface area contributed by atoms with E-state index in [0.717, 1.165) is 23.7 Å². The second-order valence-corrected chi connectivity index (χ2v) is 10.1. The Balaban J connectivity index is 1.67. The number of sulfonamides is 1. The second-order valence-electron chi connectivity index (χ2n) is 6.85. The fourth-order valence-corrected chi connectivity index (χ4v) is 5.57. The summed E-state index contributed by atoms with van der Waals surface area (Å²) in [5.74, 6) is -1.01. The smallest absolute Gasteiger partial charge is 0.266 e. The van der Waals surface area contributed by atoms with Crippen molar-refractivity contribution in [3.63, 3.8) is 0 Å². The number of nitrogens with zero attached hydrogens (tertiary/aromatic N) is 6. The molecule has 5 aromatic rings. The van der Waals surface area contributed by atoms with Gasteiger partial charge >= 0.3 is 0 Å². The summed E-state index contributed by atoms with van der Waals surface area (Å²) >= 11 is 13.5. The molecule has 3 heterocycles. The molecule has 168 valence electrons. The van der Waals surface area contributed by atoms with E-state index in [1.165, 1.54) is 11.0 Å². The third-order valence-corrected chi connectivity index (χ3v) is 7.41. The number of anilines is 1. The fraction of sp³-hybridized carbons (Fsp3) is 0.0526. The van der Waals surface area contributed by atoms with E-state index >= 15 is 4.39 Å². The largest absolute Gasteiger partial charge is 0.266 e. The van der Waals surface area contributed by atoms with E-state index in [-0.39, 0.29) is 15.8 Å². The van der Waals surface area contributed by atoms with Gasteiger partial charge < -0.3 is 0 Å². The number of nitrogens with one attached hydrogen (secondary N) is 1. The van der Waals surface area contributed by atoms with Crippen molar-refractivity contribution in [1.29, 1.82) is 0 Å². The van der Waals surface area contributed by atoms with Gasteiger partial charge in [0.2, 0.25) is 5.13 Å². The molecule has 14 heteroatoms. The minimum atomic E-state index is -4.28.